The molecule has 21 heavy (non-hydrogen) atoms. The van der Waals surface area contributed by atoms with Gasteiger partial charge in [-0.2, -0.15) is 5.10 Å². The maximum Gasteiger partial charge on any atom is 0.218 e. The molecule has 0 saturated carbocycles. The first-order valence-electron chi connectivity index (χ1n) is 6.46. The summed E-state index contributed by atoms with van der Waals surface area (Å²) in [6.07, 6.45) is 3.47. The molecule has 0 unspecified atom stereocenters. The van der Waals surface area contributed by atoms with E-state index in [9.17, 15) is 8.42 Å². The van der Waals surface area contributed by atoms with Crippen LogP contribution in [0.2, 0.25) is 0 Å². The van der Waals surface area contributed by atoms with Crippen LogP contribution in [0.1, 0.15) is 16.7 Å². The Balaban J connectivity index is 2.09. The first-order chi connectivity index (χ1) is 9.90. The standard InChI is InChI=1S/C14H18ClN3O2S/c1-17-9-14(8-16-17)10-18(2)21(19,20)11-13-5-3-4-12(6-13)7-15/h3-6,8-9H,7,10-11H2,1-2H3. The van der Waals surface area contributed by atoms with Crippen molar-refractivity contribution in [2.75, 3.05) is 7.05 Å². The normalized spacial score (nSPS) is 12.0. The Bertz CT molecular complexity index is 713. The number of hydrogen-bond donors (Lipinski definition) is 0. The van der Waals surface area contributed by atoms with Crippen LogP contribution in [-0.2, 0) is 35.2 Å². The Morgan fingerprint density at radius 1 is 1.29 bits per heavy atom. The van der Waals surface area contributed by atoms with Crippen LogP contribution in [0.4, 0.5) is 0 Å². The third kappa shape index (κ3) is 4.30. The summed E-state index contributed by atoms with van der Waals surface area (Å²) in [5, 5.41) is 4.04. The number of sulfonamides is 1. The van der Waals surface area contributed by atoms with E-state index in [1.807, 2.05) is 18.2 Å². The van der Waals surface area contributed by atoms with Crippen molar-refractivity contribution in [3.63, 3.8) is 0 Å². The second-order valence-electron chi connectivity index (χ2n) is 4.99. The molecule has 0 aliphatic rings. The van der Waals surface area contributed by atoms with E-state index in [1.165, 1.54) is 4.31 Å². The van der Waals surface area contributed by atoms with Crippen LogP contribution in [0.15, 0.2) is 36.7 Å². The van der Waals surface area contributed by atoms with Gasteiger partial charge < -0.3 is 0 Å². The highest BCUT2D eigenvalue weighted by molar-refractivity contribution is 7.88. The highest BCUT2D eigenvalue weighted by atomic mass is 35.5. The largest absolute Gasteiger partial charge is 0.275 e. The van der Waals surface area contributed by atoms with Crippen molar-refractivity contribution in [2.45, 2.75) is 18.2 Å². The molecule has 0 amide bonds. The second kappa shape index (κ2) is 6.60. The predicted octanol–water partition coefficient (Wildman–Crippen LogP) is 2.12. The van der Waals surface area contributed by atoms with Crippen molar-refractivity contribution in [2.24, 2.45) is 7.05 Å². The highest BCUT2D eigenvalue weighted by Gasteiger charge is 2.19. The lowest BCUT2D eigenvalue weighted by atomic mass is 10.2. The molecule has 1 heterocycles. The summed E-state index contributed by atoms with van der Waals surface area (Å²) in [5.74, 6) is 0.341. The van der Waals surface area contributed by atoms with Gasteiger partial charge in [0.05, 0.1) is 11.9 Å². The van der Waals surface area contributed by atoms with Gasteiger partial charge in [0.2, 0.25) is 10.0 Å². The van der Waals surface area contributed by atoms with E-state index in [0.717, 1.165) is 16.7 Å². The Morgan fingerprint density at radius 2 is 2.00 bits per heavy atom. The topological polar surface area (TPSA) is 55.2 Å². The van der Waals surface area contributed by atoms with Crippen LogP contribution < -0.4 is 0 Å². The van der Waals surface area contributed by atoms with Crippen LogP contribution in [0.25, 0.3) is 0 Å². The third-order valence-electron chi connectivity index (χ3n) is 3.13. The van der Waals surface area contributed by atoms with Gasteiger partial charge in [0.15, 0.2) is 0 Å². The number of rotatable bonds is 6. The average molecular weight is 328 g/mol. The number of alkyl halides is 1. The molecule has 0 radical (unpaired) electrons. The molecule has 0 bridgehead atoms. The SMILES string of the molecule is CN(Cc1cnn(C)c1)S(=O)(=O)Cc1cccc(CCl)c1. The molecule has 0 aliphatic heterocycles. The quantitative estimate of drug-likeness (QED) is 0.764. The average Bonchev–Trinajstić information content (AvgIpc) is 2.83. The Kier molecular flexibility index (Phi) is 5.03. The number of hydrogen-bond acceptors (Lipinski definition) is 3. The van der Waals surface area contributed by atoms with Crippen molar-refractivity contribution < 1.29 is 8.42 Å². The fraction of sp³-hybridized carbons (Fsp3) is 0.357. The van der Waals surface area contributed by atoms with Crippen molar-refractivity contribution in [3.05, 3.63) is 53.3 Å². The molecule has 5 nitrogen and oxygen atoms in total. The Morgan fingerprint density at radius 3 is 2.62 bits per heavy atom. The smallest absolute Gasteiger partial charge is 0.218 e. The van der Waals surface area contributed by atoms with Crippen LogP contribution in [-0.4, -0.2) is 29.6 Å². The zero-order valence-electron chi connectivity index (χ0n) is 12.0. The highest BCUT2D eigenvalue weighted by Crippen LogP contribution is 2.15. The third-order valence-corrected chi connectivity index (χ3v) is 5.22. The monoisotopic (exact) mass is 327 g/mol. The number of aryl methyl sites for hydroxylation is 1. The molecule has 0 spiro atoms. The molecule has 0 aliphatic carbocycles. The van der Waals surface area contributed by atoms with Gasteiger partial charge in [-0.3, -0.25) is 4.68 Å². The van der Waals surface area contributed by atoms with Crippen molar-refractivity contribution >= 4 is 21.6 Å². The molecule has 114 valence electrons. The van der Waals surface area contributed by atoms with Gasteiger partial charge in [0.25, 0.3) is 0 Å². The summed E-state index contributed by atoms with van der Waals surface area (Å²) in [5.41, 5.74) is 2.52. The fourth-order valence-corrected chi connectivity index (χ4v) is 3.37. The molecule has 0 atom stereocenters. The Hall–Kier alpha value is -1.37. The number of nitrogens with zero attached hydrogens (tertiary/aromatic N) is 3. The molecular formula is C14H18ClN3O2S. The van der Waals surface area contributed by atoms with Gasteiger partial charge in [0, 0.05) is 38.3 Å². The second-order valence-corrected chi connectivity index (χ2v) is 7.33. The van der Waals surface area contributed by atoms with Crippen molar-refractivity contribution in [1.29, 1.82) is 0 Å². The molecule has 2 rings (SSSR count). The maximum atomic E-state index is 12.4. The summed E-state index contributed by atoms with van der Waals surface area (Å²) in [7, 11) is 0.00432. The van der Waals surface area contributed by atoms with Crippen LogP contribution in [0.3, 0.4) is 0 Å². The lowest BCUT2D eigenvalue weighted by molar-refractivity contribution is 0.465. The van der Waals surface area contributed by atoms with Gasteiger partial charge in [-0.1, -0.05) is 24.3 Å². The molecule has 1 aromatic carbocycles. The lowest BCUT2D eigenvalue weighted by Crippen LogP contribution is -2.27. The van der Waals surface area contributed by atoms with E-state index < -0.39 is 10.0 Å². The van der Waals surface area contributed by atoms with E-state index in [-0.39, 0.29) is 5.75 Å². The first-order valence-corrected chi connectivity index (χ1v) is 8.60. The minimum absolute atomic E-state index is 0.0332. The van der Waals surface area contributed by atoms with Crippen LogP contribution >= 0.6 is 11.6 Å². The zero-order chi connectivity index (χ0) is 15.5. The Labute approximate surface area is 130 Å². The first kappa shape index (κ1) is 16.0. The summed E-state index contributed by atoms with van der Waals surface area (Å²) in [6.45, 7) is 0.311. The van der Waals surface area contributed by atoms with Gasteiger partial charge in [-0.05, 0) is 11.1 Å². The summed E-state index contributed by atoms with van der Waals surface area (Å²) < 4.78 is 27.8. The molecule has 0 N–H and O–H groups in total. The van der Waals surface area contributed by atoms with E-state index in [1.54, 1.807) is 37.2 Å². The predicted molar refractivity (Wildman–Crippen MR) is 83.3 cm³/mol. The van der Waals surface area contributed by atoms with Gasteiger partial charge in [0.1, 0.15) is 0 Å². The number of benzene rings is 1. The number of halogens is 1. The van der Waals surface area contributed by atoms with Crippen LogP contribution in [0.5, 0.6) is 0 Å². The minimum Gasteiger partial charge on any atom is -0.275 e. The minimum atomic E-state index is -3.37. The molecule has 7 heteroatoms. The summed E-state index contributed by atoms with van der Waals surface area (Å²) in [6, 6.07) is 7.32. The molecule has 0 fully saturated rings. The molecular weight excluding hydrogens is 310 g/mol. The maximum absolute atomic E-state index is 12.4. The molecule has 0 saturated heterocycles. The summed E-state index contributed by atoms with van der Waals surface area (Å²) in [4.78, 5) is 0. The lowest BCUT2D eigenvalue weighted by Gasteiger charge is -2.16. The van der Waals surface area contributed by atoms with Gasteiger partial charge in [-0.25, -0.2) is 12.7 Å². The van der Waals surface area contributed by atoms with E-state index in [0.29, 0.717) is 12.4 Å². The van der Waals surface area contributed by atoms with E-state index >= 15 is 0 Å². The molecule has 2 aromatic rings. The van der Waals surface area contributed by atoms with E-state index in [2.05, 4.69) is 5.10 Å². The number of aromatic nitrogens is 2. The molecule has 1 aromatic heterocycles. The van der Waals surface area contributed by atoms with Gasteiger partial charge in [-0.15, -0.1) is 11.6 Å². The van der Waals surface area contributed by atoms with Crippen molar-refractivity contribution in [3.8, 4) is 0 Å². The van der Waals surface area contributed by atoms with Crippen LogP contribution in [0, 0.1) is 0 Å². The summed E-state index contributed by atoms with van der Waals surface area (Å²) >= 11 is 5.77. The van der Waals surface area contributed by atoms with Crippen molar-refractivity contribution in [1.82, 2.24) is 14.1 Å². The zero-order valence-corrected chi connectivity index (χ0v) is 13.6. The fourth-order valence-electron chi connectivity index (χ4n) is 2.03. The van der Waals surface area contributed by atoms with E-state index in [4.69, 9.17) is 11.6 Å². The van der Waals surface area contributed by atoms with Gasteiger partial charge >= 0.3 is 0 Å².